The molecule has 0 saturated carbocycles. The molecule has 0 atom stereocenters. The first kappa shape index (κ1) is 24.3. The van der Waals surface area contributed by atoms with E-state index in [1.54, 1.807) is 30.3 Å². The van der Waals surface area contributed by atoms with Gasteiger partial charge in [0.25, 0.3) is 0 Å². The van der Waals surface area contributed by atoms with Crippen LogP contribution in [0.15, 0.2) is 42.1 Å². The number of amides is 1. The molecule has 0 saturated heterocycles. The van der Waals surface area contributed by atoms with Crippen LogP contribution in [0.4, 0.5) is 5.00 Å². The van der Waals surface area contributed by atoms with Crippen LogP contribution in [-0.4, -0.2) is 39.5 Å². The largest absolute Gasteiger partial charge is 0.486 e. The number of fused-ring (bicyclic) bond motifs is 1. The molecule has 178 valence electrons. The van der Waals surface area contributed by atoms with Crippen molar-refractivity contribution in [3.8, 4) is 5.75 Å². The second-order valence-corrected chi connectivity index (χ2v) is 9.91. The number of ether oxygens (including phenoxy) is 2. The number of anilines is 1. The van der Waals surface area contributed by atoms with Crippen molar-refractivity contribution in [2.45, 2.75) is 37.6 Å². The summed E-state index contributed by atoms with van der Waals surface area (Å²) in [4.78, 5) is 26.1. The molecule has 1 amide bonds. The Labute approximate surface area is 210 Å². The molecular formula is C23H23ClN4O4S2. The lowest BCUT2D eigenvalue weighted by atomic mass is 10.1. The third kappa shape index (κ3) is 5.45. The van der Waals surface area contributed by atoms with Gasteiger partial charge in [0.15, 0.2) is 11.0 Å². The van der Waals surface area contributed by atoms with Crippen LogP contribution in [0.1, 0.15) is 33.0 Å². The number of methoxy groups -OCH3 is 1. The van der Waals surface area contributed by atoms with E-state index in [9.17, 15) is 9.59 Å². The maximum Gasteiger partial charge on any atom is 0.341 e. The minimum absolute atomic E-state index is 0.108. The molecule has 0 unspecified atom stereocenters. The number of hydrogen-bond donors (Lipinski definition) is 1. The zero-order valence-corrected chi connectivity index (χ0v) is 20.9. The summed E-state index contributed by atoms with van der Waals surface area (Å²) in [5.74, 6) is 0.729. The van der Waals surface area contributed by atoms with Crippen LogP contribution in [0, 0.1) is 0 Å². The van der Waals surface area contributed by atoms with E-state index in [1.807, 2.05) is 4.57 Å². The molecule has 0 aliphatic heterocycles. The third-order valence-electron chi connectivity index (χ3n) is 5.18. The number of nitrogens with one attached hydrogen (secondary N) is 1. The fraction of sp³-hybridized carbons (Fsp3) is 0.304. The third-order valence-corrected chi connectivity index (χ3v) is 7.61. The molecule has 1 aromatic carbocycles. The molecule has 0 radical (unpaired) electrons. The van der Waals surface area contributed by atoms with E-state index in [1.165, 1.54) is 30.2 Å². The highest BCUT2D eigenvalue weighted by molar-refractivity contribution is 7.99. The zero-order valence-electron chi connectivity index (χ0n) is 18.5. The van der Waals surface area contributed by atoms with Crippen molar-refractivity contribution in [2.75, 3.05) is 18.2 Å². The topological polar surface area (TPSA) is 95.3 Å². The van der Waals surface area contributed by atoms with Crippen molar-refractivity contribution < 1.29 is 19.1 Å². The van der Waals surface area contributed by atoms with Gasteiger partial charge in [-0.05, 0) is 49.1 Å². The van der Waals surface area contributed by atoms with E-state index < -0.39 is 5.97 Å². The molecule has 1 aliphatic carbocycles. The fourth-order valence-corrected chi connectivity index (χ4v) is 5.81. The predicted molar refractivity (Wildman–Crippen MR) is 133 cm³/mol. The maximum atomic E-state index is 12.7. The van der Waals surface area contributed by atoms with Crippen molar-refractivity contribution >= 4 is 51.6 Å². The SMILES string of the molecule is C=CCn1c(COc2ccc(Cl)cc2)nnc1SCC(=O)Nc1sc2c(c1C(=O)OC)CCC2. The van der Waals surface area contributed by atoms with Crippen molar-refractivity contribution in [3.63, 3.8) is 0 Å². The van der Waals surface area contributed by atoms with Crippen LogP contribution < -0.4 is 10.1 Å². The molecule has 0 fully saturated rings. The summed E-state index contributed by atoms with van der Waals surface area (Å²) in [7, 11) is 1.35. The number of nitrogens with zero attached hydrogens (tertiary/aromatic N) is 3. The standard InChI is InChI=1S/C23H23ClN4O4S2/c1-3-11-28-18(12-32-15-9-7-14(24)8-10-15)26-27-23(28)33-13-19(29)25-21-20(22(30)31-2)16-5-4-6-17(16)34-21/h3,7-10H,1,4-6,11-13H2,2H3,(H,25,29). The number of halogens is 1. The van der Waals surface area contributed by atoms with Gasteiger partial charge in [-0.1, -0.05) is 29.4 Å². The van der Waals surface area contributed by atoms with Crippen LogP contribution in [0.5, 0.6) is 5.75 Å². The lowest BCUT2D eigenvalue weighted by Gasteiger charge is -2.10. The number of rotatable bonds is 10. The van der Waals surface area contributed by atoms with Gasteiger partial charge in [-0.25, -0.2) is 4.79 Å². The van der Waals surface area contributed by atoms with Gasteiger partial charge in [0, 0.05) is 16.4 Å². The summed E-state index contributed by atoms with van der Waals surface area (Å²) in [6.07, 6.45) is 4.49. The highest BCUT2D eigenvalue weighted by Crippen LogP contribution is 2.39. The molecule has 2 heterocycles. The van der Waals surface area contributed by atoms with Crippen LogP contribution in [0.25, 0.3) is 0 Å². The summed E-state index contributed by atoms with van der Waals surface area (Å²) in [6.45, 7) is 4.47. The molecule has 1 N–H and O–H groups in total. The van der Waals surface area contributed by atoms with Crippen LogP contribution in [0.3, 0.4) is 0 Å². The Morgan fingerprint density at radius 2 is 2.09 bits per heavy atom. The van der Waals surface area contributed by atoms with Gasteiger partial charge < -0.3 is 14.8 Å². The summed E-state index contributed by atoms with van der Waals surface area (Å²) >= 11 is 8.61. The Morgan fingerprint density at radius 3 is 2.82 bits per heavy atom. The van der Waals surface area contributed by atoms with Crippen molar-refractivity contribution in [1.82, 2.24) is 14.8 Å². The summed E-state index contributed by atoms with van der Waals surface area (Å²) in [6, 6.07) is 7.05. The molecule has 3 aromatic rings. The number of thiophene rings is 1. The zero-order chi connectivity index (χ0) is 24.1. The first-order valence-corrected chi connectivity index (χ1v) is 12.7. The summed E-state index contributed by atoms with van der Waals surface area (Å²) in [5, 5.41) is 13.1. The van der Waals surface area contributed by atoms with Gasteiger partial charge in [0.1, 0.15) is 17.4 Å². The van der Waals surface area contributed by atoms with E-state index in [-0.39, 0.29) is 18.3 Å². The average molecular weight is 519 g/mol. The smallest absolute Gasteiger partial charge is 0.341 e. The first-order valence-electron chi connectivity index (χ1n) is 10.6. The summed E-state index contributed by atoms with van der Waals surface area (Å²) in [5.41, 5.74) is 1.48. The van der Waals surface area contributed by atoms with Gasteiger partial charge >= 0.3 is 5.97 Å². The molecule has 8 nitrogen and oxygen atoms in total. The minimum Gasteiger partial charge on any atom is -0.486 e. The van der Waals surface area contributed by atoms with E-state index in [0.29, 0.717) is 38.9 Å². The van der Waals surface area contributed by atoms with E-state index in [2.05, 4.69) is 22.1 Å². The van der Waals surface area contributed by atoms with E-state index in [4.69, 9.17) is 21.1 Å². The Balaban J connectivity index is 1.40. The molecule has 2 aromatic heterocycles. The number of hydrogen-bond acceptors (Lipinski definition) is 8. The molecule has 0 bridgehead atoms. The van der Waals surface area contributed by atoms with Gasteiger partial charge in [0.05, 0.1) is 18.4 Å². The molecule has 11 heteroatoms. The average Bonchev–Trinajstić information content (AvgIpc) is 3.52. The molecule has 4 rings (SSSR count). The first-order chi connectivity index (χ1) is 16.5. The van der Waals surface area contributed by atoms with Crippen molar-refractivity contribution in [2.24, 2.45) is 0 Å². The van der Waals surface area contributed by atoms with Gasteiger partial charge in [-0.15, -0.1) is 28.1 Å². The lowest BCUT2D eigenvalue weighted by molar-refractivity contribution is -0.113. The van der Waals surface area contributed by atoms with Crippen LogP contribution in [-0.2, 0) is 35.5 Å². The minimum atomic E-state index is -0.418. The van der Waals surface area contributed by atoms with Gasteiger partial charge in [-0.2, -0.15) is 0 Å². The number of carbonyl (C=O) groups is 2. The second-order valence-electron chi connectivity index (χ2n) is 7.43. The van der Waals surface area contributed by atoms with Crippen LogP contribution in [0.2, 0.25) is 5.02 Å². The van der Waals surface area contributed by atoms with E-state index in [0.717, 1.165) is 29.7 Å². The predicted octanol–water partition coefficient (Wildman–Crippen LogP) is 4.76. The second kappa shape index (κ2) is 11.1. The highest BCUT2D eigenvalue weighted by Gasteiger charge is 2.28. The van der Waals surface area contributed by atoms with Gasteiger partial charge in [-0.3, -0.25) is 9.36 Å². The number of aromatic nitrogens is 3. The molecular weight excluding hydrogens is 496 g/mol. The fourth-order valence-electron chi connectivity index (χ4n) is 3.63. The highest BCUT2D eigenvalue weighted by atomic mass is 35.5. The lowest BCUT2D eigenvalue weighted by Crippen LogP contribution is -2.17. The number of allylic oxidation sites excluding steroid dienone is 1. The Bertz CT molecular complexity index is 1210. The summed E-state index contributed by atoms with van der Waals surface area (Å²) < 4.78 is 12.6. The molecule has 1 aliphatic rings. The maximum absolute atomic E-state index is 12.7. The van der Waals surface area contributed by atoms with Gasteiger partial charge in [0.2, 0.25) is 5.91 Å². The number of carbonyl (C=O) groups excluding carboxylic acids is 2. The molecule has 0 spiro atoms. The Hall–Kier alpha value is -2.82. The number of esters is 1. The number of aryl methyl sites for hydroxylation is 1. The quantitative estimate of drug-likeness (QED) is 0.235. The van der Waals surface area contributed by atoms with E-state index >= 15 is 0 Å². The normalized spacial score (nSPS) is 12.3. The number of thioether (sulfide) groups is 1. The van der Waals surface area contributed by atoms with Crippen molar-refractivity contribution in [3.05, 3.63) is 63.8 Å². The Kier molecular flexibility index (Phi) is 7.91. The van der Waals surface area contributed by atoms with Crippen LogP contribution >= 0.6 is 34.7 Å². The Morgan fingerprint density at radius 1 is 1.29 bits per heavy atom. The molecule has 34 heavy (non-hydrogen) atoms. The monoisotopic (exact) mass is 518 g/mol. The number of benzene rings is 1. The van der Waals surface area contributed by atoms with Crippen molar-refractivity contribution in [1.29, 1.82) is 0 Å².